The molecule has 1 rings (SSSR count). The number of halogens is 1. The summed E-state index contributed by atoms with van der Waals surface area (Å²) in [6.07, 6.45) is 1.80. The third-order valence-electron chi connectivity index (χ3n) is 1.91. The van der Waals surface area contributed by atoms with Crippen LogP contribution in [0.3, 0.4) is 0 Å². The van der Waals surface area contributed by atoms with E-state index < -0.39 is 0 Å². The molecule has 0 heterocycles. The van der Waals surface area contributed by atoms with Crippen molar-refractivity contribution < 1.29 is 10.2 Å². The summed E-state index contributed by atoms with van der Waals surface area (Å²) in [5, 5.41) is 18.2. The van der Waals surface area contributed by atoms with Crippen molar-refractivity contribution in [1.82, 2.24) is 0 Å². The van der Waals surface area contributed by atoms with E-state index in [0.717, 1.165) is 18.4 Å². The molecule has 0 saturated carbocycles. The average Bonchev–Trinajstić information content (AvgIpc) is 2.16. The lowest BCUT2D eigenvalue weighted by atomic mass is 10.1. The molecule has 0 radical (unpaired) electrons. The van der Waals surface area contributed by atoms with E-state index in [1.165, 1.54) is 0 Å². The van der Waals surface area contributed by atoms with Crippen LogP contribution in [0.2, 0.25) is 0 Å². The topological polar surface area (TPSA) is 40.5 Å². The van der Waals surface area contributed by atoms with E-state index in [1.807, 2.05) is 12.1 Å². The average molecular weight is 201 g/mol. The summed E-state index contributed by atoms with van der Waals surface area (Å²) < 4.78 is 0. The molecule has 0 fully saturated rings. The van der Waals surface area contributed by atoms with E-state index in [2.05, 4.69) is 0 Å². The zero-order chi connectivity index (χ0) is 9.68. The minimum absolute atomic E-state index is 0.124. The Labute approximate surface area is 82.8 Å². The summed E-state index contributed by atoms with van der Waals surface area (Å²) in [6, 6.07) is 5.26. The number of aromatic hydroxyl groups is 1. The van der Waals surface area contributed by atoms with Crippen LogP contribution in [0.25, 0.3) is 0 Å². The smallest absolute Gasteiger partial charge is 0.121 e. The monoisotopic (exact) mass is 200 g/mol. The highest BCUT2D eigenvalue weighted by Crippen LogP contribution is 2.19. The van der Waals surface area contributed by atoms with Gasteiger partial charge in [0.15, 0.2) is 0 Å². The van der Waals surface area contributed by atoms with Gasteiger partial charge in [0.1, 0.15) is 5.75 Å². The van der Waals surface area contributed by atoms with Gasteiger partial charge in [0.25, 0.3) is 0 Å². The fourth-order valence-electron chi connectivity index (χ4n) is 1.19. The molecule has 72 valence electrons. The van der Waals surface area contributed by atoms with Crippen LogP contribution in [0.15, 0.2) is 18.2 Å². The number of rotatable bonds is 4. The van der Waals surface area contributed by atoms with Crippen molar-refractivity contribution in [3.63, 3.8) is 0 Å². The van der Waals surface area contributed by atoms with Gasteiger partial charge in [-0.05, 0) is 30.5 Å². The summed E-state index contributed by atoms with van der Waals surface area (Å²) in [4.78, 5) is 0. The predicted octanol–water partition coefficient (Wildman–Crippen LogP) is 2.06. The predicted molar refractivity (Wildman–Crippen MR) is 53.1 cm³/mol. The van der Waals surface area contributed by atoms with E-state index in [4.69, 9.17) is 16.7 Å². The van der Waals surface area contributed by atoms with E-state index in [0.29, 0.717) is 11.4 Å². The molecular formula is C10H13ClO2. The normalized spacial score (nSPS) is 10.3. The minimum Gasteiger partial charge on any atom is -0.508 e. The first kappa shape index (κ1) is 10.4. The van der Waals surface area contributed by atoms with Crippen molar-refractivity contribution in [2.45, 2.75) is 19.4 Å². The van der Waals surface area contributed by atoms with Crippen LogP contribution in [0.4, 0.5) is 0 Å². The zero-order valence-electron chi connectivity index (χ0n) is 7.33. The molecule has 13 heavy (non-hydrogen) atoms. The summed E-state index contributed by atoms with van der Waals surface area (Å²) in [6.45, 7) is -0.124. The molecule has 2 nitrogen and oxygen atoms in total. The van der Waals surface area contributed by atoms with Crippen molar-refractivity contribution >= 4 is 11.6 Å². The van der Waals surface area contributed by atoms with Crippen molar-refractivity contribution in [2.24, 2.45) is 0 Å². The molecule has 0 atom stereocenters. The standard InChI is InChI=1S/C10H13ClO2/c11-5-1-2-8-3-4-10(13)9(6-8)7-12/h3-4,6,12-13H,1-2,5,7H2. The number of aliphatic hydroxyl groups excluding tert-OH is 1. The molecule has 0 saturated heterocycles. The molecule has 3 heteroatoms. The highest BCUT2D eigenvalue weighted by molar-refractivity contribution is 6.17. The number of benzene rings is 1. The summed E-state index contributed by atoms with van der Waals surface area (Å²) in [5.74, 6) is 0.784. The van der Waals surface area contributed by atoms with Crippen LogP contribution < -0.4 is 0 Å². The Hall–Kier alpha value is -0.730. The molecule has 0 unspecified atom stereocenters. The molecule has 0 aliphatic rings. The fraction of sp³-hybridized carbons (Fsp3) is 0.400. The molecule has 1 aromatic rings. The van der Waals surface area contributed by atoms with Gasteiger partial charge in [-0.15, -0.1) is 11.6 Å². The minimum atomic E-state index is -0.124. The maximum Gasteiger partial charge on any atom is 0.121 e. The van der Waals surface area contributed by atoms with Gasteiger partial charge >= 0.3 is 0 Å². The highest BCUT2D eigenvalue weighted by atomic mass is 35.5. The lowest BCUT2D eigenvalue weighted by Crippen LogP contribution is -1.90. The van der Waals surface area contributed by atoms with Gasteiger partial charge in [0.05, 0.1) is 6.61 Å². The van der Waals surface area contributed by atoms with Crippen molar-refractivity contribution in [3.05, 3.63) is 29.3 Å². The Balaban J connectivity index is 2.74. The Morgan fingerprint density at radius 2 is 2.08 bits per heavy atom. The van der Waals surface area contributed by atoms with Crippen LogP contribution >= 0.6 is 11.6 Å². The van der Waals surface area contributed by atoms with Gasteiger partial charge < -0.3 is 10.2 Å². The maximum atomic E-state index is 9.27. The third-order valence-corrected chi connectivity index (χ3v) is 2.18. The fourth-order valence-corrected chi connectivity index (χ4v) is 1.33. The number of hydrogen-bond donors (Lipinski definition) is 2. The van der Waals surface area contributed by atoms with E-state index in [1.54, 1.807) is 6.07 Å². The van der Waals surface area contributed by atoms with Gasteiger partial charge in [0, 0.05) is 11.4 Å². The first-order valence-corrected chi connectivity index (χ1v) is 4.79. The number of hydrogen-bond acceptors (Lipinski definition) is 2. The Morgan fingerprint density at radius 1 is 1.31 bits per heavy atom. The second kappa shape index (κ2) is 5.10. The Morgan fingerprint density at radius 3 is 2.69 bits per heavy atom. The molecule has 0 aromatic heterocycles. The third kappa shape index (κ3) is 2.90. The summed E-state index contributed by atoms with van der Waals surface area (Å²) >= 11 is 5.56. The van der Waals surface area contributed by atoms with Crippen molar-refractivity contribution in [3.8, 4) is 5.75 Å². The molecular weight excluding hydrogens is 188 g/mol. The first-order chi connectivity index (χ1) is 6.27. The van der Waals surface area contributed by atoms with Gasteiger partial charge in [-0.2, -0.15) is 0 Å². The van der Waals surface area contributed by atoms with E-state index in [9.17, 15) is 5.11 Å². The number of phenols is 1. The van der Waals surface area contributed by atoms with Gasteiger partial charge in [-0.3, -0.25) is 0 Å². The lowest BCUT2D eigenvalue weighted by Gasteiger charge is -2.04. The Bertz CT molecular complexity index is 274. The second-order valence-corrected chi connectivity index (χ2v) is 3.29. The van der Waals surface area contributed by atoms with Crippen LogP contribution in [0, 0.1) is 0 Å². The summed E-state index contributed by atoms with van der Waals surface area (Å²) in [5.41, 5.74) is 1.68. The quantitative estimate of drug-likeness (QED) is 0.731. The van der Waals surface area contributed by atoms with E-state index >= 15 is 0 Å². The number of aliphatic hydroxyl groups is 1. The number of alkyl halides is 1. The summed E-state index contributed by atoms with van der Waals surface area (Å²) in [7, 11) is 0. The Kier molecular flexibility index (Phi) is 4.06. The van der Waals surface area contributed by atoms with Crippen molar-refractivity contribution in [2.75, 3.05) is 5.88 Å². The van der Waals surface area contributed by atoms with Crippen LogP contribution in [0.1, 0.15) is 17.5 Å². The van der Waals surface area contributed by atoms with Gasteiger partial charge in [-0.25, -0.2) is 0 Å². The number of aryl methyl sites for hydroxylation is 1. The highest BCUT2D eigenvalue weighted by Gasteiger charge is 2.00. The van der Waals surface area contributed by atoms with E-state index in [-0.39, 0.29) is 12.4 Å². The second-order valence-electron chi connectivity index (χ2n) is 2.91. The van der Waals surface area contributed by atoms with Crippen molar-refractivity contribution in [1.29, 1.82) is 0 Å². The van der Waals surface area contributed by atoms with Crippen LogP contribution in [-0.4, -0.2) is 16.1 Å². The van der Waals surface area contributed by atoms with Gasteiger partial charge in [0.2, 0.25) is 0 Å². The lowest BCUT2D eigenvalue weighted by molar-refractivity contribution is 0.275. The van der Waals surface area contributed by atoms with Crippen LogP contribution in [0.5, 0.6) is 5.75 Å². The zero-order valence-corrected chi connectivity index (χ0v) is 8.09. The maximum absolute atomic E-state index is 9.27. The first-order valence-electron chi connectivity index (χ1n) is 4.25. The molecule has 0 amide bonds. The molecule has 0 spiro atoms. The van der Waals surface area contributed by atoms with Crippen LogP contribution in [-0.2, 0) is 13.0 Å². The molecule has 1 aromatic carbocycles. The van der Waals surface area contributed by atoms with Gasteiger partial charge in [-0.1, -0.05) is 6.07 Å². The largest absolute Gasteiger partial charge is 0.508 e. The molecule has 0 aliphatic heterocycles. The molecule has 0 bridgehead atoms. The SMILES string of the molecule is OCc1cc(CCCCl)ccc1O. The molecule has 2 N–H and O–H groups in total. The molecule has 0 aliphatic carbocycles.